The number of hydrogen-bond donors (Lipinski definition) is 3. The average Bonchev–Trinajstić information content (AvgIpc) is 3.54. The van der Waals surface area contributed by atoms with Gasteiger partial charge in [0.2, 0.25) is 0 Å². The van der Waals surface area contributed by atoms with E-state index in [4.69, 9.17) is 4.98 Å². The molecule has 0 spiro atoms. The summed E-state index contributed by atoms with van der Waals surface area (Å²) in [5.41, 5.74) is 8.18. The second-order valence-electron chi connectivity index (χ2n) is 9.17. The molecule has 7 nitrogen and oxygen atoms in total. The molecule has 190 valence electrons. The molecular weight excluding hydrogens is 477 g/mol. The monoisotopic (exact) mass is 505 g/mol. The quantitative estimate of drug-likeness (QED) is 0.199. The first kappa shape index (κ1) is 24.8. The number of fused-ring (bicyclic) bond motifs is 2. The second-order valence-corrected chi connectivity index (χ2v) is 9.17. The molecule has 0 aliphatic rings. The third-order valence-corrected chi connectivity index (χ3v) is 6.30. The van der Waals surface area contributed by atoms with Crippen molar-refractivity contribution in [1.29, 1.82) is 0 Å². The van der Waals surface area contributed by atoms with Crippen LogP contribution in [0.15, 0.2) is 91.4 Å². The molecule has 4 aromatic heterocycles. The minimum Gasteiger partial charge on any atom is -0.359 e. The molecule has 0 aliphatic carbocycles. The fourth-order valence-corrected chi connectivity index (χ4v) is 4.09. The molecule has 5 aromatic rings. The van der Waals surface area contributed by atoms with E-state index in [1.54, 1.807) is 18.3 Å². The summed E-state index contributed by atoms with van der Waals surface area (Å²) in [6.07, 6.45) is 7.41. The first-order valence-electron chi connectivity index (χ1n) is 12.3. The summed E-state index contributed by atoms with van der Waals surface area (Å²) >= 11 is 0. The summed E-state index contributed by atoms with van der Waals surface area (Å²) in [6.45, 7) is 14.1. The van der Waals surface area contributed by atoms with Crippen molar-refractivity contribution in [2.75, 3.05) is 0 Å². The number of pyridine rings is 2. The van der Waals surface area contributed by atoms with Crippen molar-refractivity contribution in [3.8, 4) is 22.6 Å². The molecule has 0 radical (unpaired) electrons. The molecule has 0 amide bonds. The Kier molecular flexibility index (Phi) is 6.70. The highest BCUT2D eigenvalue weighted by Crippen LogP contribution is 2.31. The molecule has 0 saturated heterocycles. The number of aromatic amines is 2. The van der Waals surface area contributed by atoms with E-state index in [-0.39, 0.29) is 11.7 Å². The Hall–Kier alpha value is -4.85. The van der Waals surface area contributed by atoms with Crippen LogP contribution in [0, 0.1) is 11.7 Å². The standard InChI is InChI=1S/C30H28FN7/c1-6-19(16-22(7-2)33-18(5)17(3)4)24-11-12-25-27(34-24)28(38-37-25)30-35-26-23(13-14-32-29(26)36-30)20-9-8-10-21(31)15-20/h6-17,33H,2,5H2,1,3-4H3,(H,37,38)(H,32,35,36)/b19-6+,22-16+. The maximum Gasteiger partial charge on any atom is 0.178 e. The van der Waals surface area contributed by atoms with Gasteiger partial charge in [-0.2, -0.15) is 5.10 Å². The van der Waals surface area contributed by atoms with Gasteiger partial charge >= 0.3 is 0 Å². The van der Waals surface area contributed by atoms with Crippen molar-refractivity contribution in [1.82, 2.24) is 35.5 Å². The molecule has 0 saturated carbocycles. The van der Waals surface area contributed by atoms with Gasteiger partial charge in [-0.05, 0) is 66.5 Å². The Morgan fingerprint density at radius 3 is 2.71 bits per heavy atom. The van der Waals surface area contributed by atoms with E-state index in [1.165, 1.54) is 12.1 Å². The number of benzene rings is 1. The van der Waals surface area contributed by atoms with E-state index in [1.807, 2.05) is 43.3 Å². The fraction of sp³-hybridized carbons (Fsp3) is 0.133. The Labute approximate surface area is 220 Å². The van der Waals surface area contributed by atoms with Crippen LogP contribution in [-0.4, -0.2) is 30.1 Å². The molecule has 1 aromatic carbocycles. The maximum absolute atomic E-state index is 13.9. The molecule has 0 unspecified atom stereocenters. The maximum atomic E-state index is 13.9. The van der Waals surface area contributed by atoms with Crippen molar-refractivity contribution in [3.63, 3.8) is 0 Å². The highest BCUT2D eigenvalue weighted by atomic mass is 19.1. The summed E-state index contributed by atoms with van der Waals surface area (Å²) in [5.74, 6) is 0.501. The van der Waals surface area contributed by atoms with E-state index >= 15 is 0 Å². The molecule has 0 aliphatic heterocycles. The van der Waals surface area contributed by atoms with E-state index in [9.17, 15) is 4.39 Å². The number of nitrogens with one attached hydrogen (secondary N) is 3. The van der Waals surface area contributed by atoms with Gasteiger partial charge in [0, 0.05) is 23.2 Å². The van der Waals surface area contributed by atoms with E-state index in [0.717, 1.165) is 39.3 Å². The Morgan fingerprint density at radius 1 is 1.13 bits per heavy atom. The lowest BCUT2D eigenvalue weighted by Gasteiger charge is -2.14. The summed E-state index contributed by atoms with van der Waals surface area (Å²) in [5, 5.41) is 10.9. The summed E-state index contributed by atoms with van der Waals surface area (Å²) in [6, 6.07) is 12.2. The summed E-state index contributed by atoms with van der Waals surface area (Å²) in [7, 11) is 0. The van der Waals surface area contributed by atoms with Crippen LogP contribution in [0.25, 0.3) is 50.4 Å². The van der Waals surface area contributed by atoms with Crippen LogP contribution >= 0.6 is 0 Å². The molecule has 8 heteroatoms. The van der Waals surface area contributed by atoms with Crippen molar-refractivity contribution < 1.29 is 4.39 Å². The van der Waals surface area contributed by atoms with E-state index < -0.39 is 0 Å². The summed E-state index contributed by atoms with van der Waals surface area (Å²) < 4.78 is 13.9. The number of allylic oxidation sites excluding steroid dienone is 5. The molecule has 38 heavy (non-hydrogen) atoms. The summed E-state index contributed by atoms with van der Waals surface area (Å²) in [4.78, 5) is 17.3. The number of aromatic nitrogens is 6. The highest BCUT2D eigenvalue weighted by molar-refractivity contribution is 5.95. The Bertz CT molecular complexity index is 1740. The number of imidazole rings is 1. The van der Waals surface area contributed by atoms with Crippen molar-refractivity contribution in [2.45, 2.75) is 20.8 Å². The number of nitrogens with zero attached hydrogens (tertiary/aromatic N) is 4. The van der Waals surface area contributed by atoms with Gasteiger partial charge in [0.05, 0.1) is 16.7 Å². The minimum atomic E-state index is -0.306. The number of hydrogen-bond acceptors (Lipinski definition) is 5. The van der Waals surface area contributed by atoms with Crippen LogP contribution in [0.4, 0.5) is 4.39 Å². The molecule has 0 bridgehead atoms. The lowest BCUT2D eigenvalue weighted by Crippen LogP contribution is -2.14. The second kappa shape index (κ2) is 10.3. The average molecular weight is 506 g/mol. The van der Waals surface area contributed by atoms with Gasteiger partial charge < -0.3 is 10.3 Å². The van der Waals surface area contributed by atoms with E-state index in [0.29, 0.717) is 28.2 Å². The molecule has 3 N–H and O–H groups in total. The van der Waals surface area contributed by atoms with Gasteiger partial charge in [-0.1, -0.05) is 45.2 Å². The molecule has 4 heterocycles. The normalized spacial score (nSPS) is 12.4. The first-order valence-corrected chi connectivity index (χ1v) is 12.3. The third kappa shape index (κ3) is 4.76. The van der Waals surface area contributed by atoms with Crippen LogP contribution in [0.2, 0.25) is 0 Å². The number of H-pyrrole nitrogens is 2. The van der Waals surface area contributed by atoms with Crippen molar-refractivity contribution in [3.05, 3.63) is 103 Å². The lowest BCUT2D eigenvalue weighted by molar-refractivity contribution is 0.628. The van der Waals surface area contributed by atoms with Crippen LogP contribution in [0.3, 0.4) is 0 Å². The molecule has 0 atom stereocenters. The van der Waals surface area contributed by atoms with Crippen LogP contribution < -0.4 is 5.32 Å². The number of rotatable bonds is 8. The molecule has 5 rings (SSSR count). The SMILES string of the molecule is C=C/C(=C\C(=C/C)c1ccc2[nH]nc(-c3nc4nccc(-c5cccc(F)c5)c4[nH]3)c2n1)NC(=C)C(C)C. The zero-order valence-corrected chi connectivity index (χ0v) is 21.5. The Balaban J connectivity index is 1.56. The Morgan fingerprint density at radius 2 is 1.97 bits per heavy atom. The fourth-order valence-electron chi connectivity index (χ4n) is 4.09. The third-order valence-electron chi connectivity index (χ3n) is 6.30. The van der Waals surface area contributed by atoms with Gasteiger partial charge in [0.15, 0.2) is 17.2 Å². The molecule has 0 fully saturated rings. The van der Waals surface area contributed by atoms with Crippen molar-refractivity contribution >= 4 is 27.8 Å². The zero-order chi connectivity index (χ0) is 26.8. The minimum absolute atomic E-state index is 0.287. The molecular formula is C30H28FN7. The largest absolute Gasteiger partial charge is 0.359 e. The van der Waals surface area contributed by atoms with Crippen LogP contribution in [-0.2, 0) is 0 Å². The van der Waals surface area contributed by atoms with E-state index in [2.05, 4.69) is 57.5 Å². The van der Waals surface area contributed by atoms with Gasteiger partial charge in [-0.25, -0.2) is 19.3 Å². The topological polar surface area (TPSA) is 95.2 Å². The lowest BCUT2D eigenvalue weighted by atomic mass is 10.1. The number of halogens is 1. The van der Waals surface area contributed by atoms with Crippen LogP contribution in [0.5, 0.6) is 0 Å². The van der Waals surface area contributed by atoms with Crippen molar-refractivity contribution in [2.24, 2.45) is 5.92 Å². The highest BCUT2D eigenvalue weighted by Gasteiger charge is 2.17. The van der Waals surface area contributed by atoms with Gasteiger partial charge in [-0.15, -0.1) is 0 Å². The predicted molar refractivity (Wildman–Crippen MR) is 151 cm³/mol. The van der Waals surface area contributed by atoms with Gasteiger partial charge in [-0.3, -0.25) is 5.10 Å². The van der Waals surface area contributed by atoms with Gasteiger partial charge in [0.1, 0.15) is 11.3 Å². The van der Waals surface area contributed by atoms with Crippen LogP contribution in [0.1, 0.15) is 26.5 Å². The first-order chi connectivity index (χ1) is 18.4. The smallest absolute Gasteiger partial charge is 0.178 e. The zero-order valence-electron chi connectivity index (χ0n) is 21.5. The van der Waals surface area contributed by atoms with Gasteiger partial charge in [0.25, 0.3) is 0 Å². The predicted octanol–water partition coefficient (Wildman–Crippen LogP) is 6.93.